The Balaban J connectivity index is 1.88. The summed E-state index contributed by atoms with van der Waals surface area (Å²) in [6.45, 7) is 5.42. The summed E-state index contributed by atoms with van der Waals surface area (Å²) in [4.78, 5) is 35.5. The van der Waals surface area contributed by atoms with Crippen LogP contribution in [0.2, 0.25) is 0 Å². The van der Waals surface area contributed by atoms with Crippen LogP contribution in [0, 0.1) is 13.8 Å². The number of imide groups is 1. The summed E-state index contributed by atoms with van der Waals surface area (Å²) in [6.07, 6.45) is 0. The molecule has 9 heteroatoms. The van der Waals surface area contributed by atoms with Crippen molar-refractivity contribution in [3.05, 3.63) is 41.7 Å². The molecule has 0 saturated carbocycles. The second-order valence-corrected chi connectivity index (χ2v) is 6.59. The second-order valence-electron chi connectivity index (χ2n) is 5.60. The van der Waals surface area contributed by atoms with Crippen molar-refractivity contribution in [1.82, 2.24) is 20.4 Å². The Morgan fingerprint density at radius 3 is 2.56 bits per heavy atom. The van der Waals surface area contributed by atoms with Crippen LogP contribution in [-0.4, -0.2) is 46.6 Å². The number of esters is 1. The summed E-state index contributed by atoms with van der Waals surface area (Å²) < 4.78 is 6.72. The van der Waals surface area contributed by atoms with E-state index >= 15 is 0 Å². The van der Waals surface area contributed by atoms with Crippen molar-refractivity contribution < 1.29 is 19.1 Å². The van der Waals surface area contributed by atoms with Gasteiger partial charge < -0.3 is 10.1 Å². The van der Waals surface area contributed by atoms with Crippen LogP contribution in [0.4, 0.5) is 4.79 Å². The van der Waals surface area contributed by atoms with E-state index in [9.17, 15) is 14.4 Å². The lowest BCUT2D eigenvalue weighted by Gasteiger charge is -2.07. The minimum atomic E-state index is -0.677. The number of carbonyl (C=O) groups is 3. The topological polar surface area (TPSA) is 102 Å². The zero-order valence-electron chi connectivity index (χ0n) is 15.4. The largest absolute Gasteiger partial charge is 0.455 e. The van der Waals surface area contributed by atoms with Crippen molar-refractivity contribution >= 4 is 29.7 Å². The molecule has 3 amide bonds. The molecule has 2 aromatic rings. The van der Waals surface area contributed by atoms with Crippen molar-refractivity contribution in [3.63, 3.8) is 0 Å². The molecule has 2 rings (SSSR count). The highest BCUT2D eigenvalue weighted by atomic mass is 32.2. The molecular weight excluding hydrogens is 368 g/mol. The number of hydrogen-bond acceptors (Lipinski definition) is 6. The summed E-state index contributed by atoms with van der Waals surface area (Å²) in [7, 11) is 0. The summed E-state index contributed by atoms with van der Waals surface area (Å²) in [5, 5.41) is 9.00. The fraction of sp³-hybridized carbons (Fsp3) is 0.333. The molecule has 0 bridgehead atoms. The normalized spacial score (nSPS) is 10.3. The van der Waals surface area contributed by atoms with Crippen LogP contribution in [-0.2, 0) is 14.3 Å². The highest BCUT2D eigenvalue weighted by molar-refractivity contribution is 8.00. The second kappa shape index (κ2) is 9.77. The van der Waals surface area contributed by atoms with Crippen molar-refractivity contribution in [2.45, 2.75) is 25.7 Å². The van der Waals surface area contributed by atoms with Gasteiger partial charge in [0.15, 0.2) is 6.61 Å². The number of amides is 3. The Bertz CT molecular complexity index is 820. The van der Waals surface area contributed by atoms with E-state index in [1.807, 2.05) is 48.9 Å². The quantitative estimate of drug-likeness (QED) is 0.554. The van der Waals surface area contributed by atoms with Gasteiger partial charge in [-0.05, 0) is 32.9 Å². The van der Waals surface area contributed by atoms with Crippen molar-refractivity contribution in [1.29, 1.82) is 0 Å². The number of hydrogen-bond donors (Lipinski definition) is 2. The third-order valence-corrected chi connectivity index (χ3v) is 4.77. The number of nitrogens with one attached hydrogen (secondary N) is 2. The maximum absolute atomic E-state index is 11.9. The first-order valence-electron chi connectivity index (χ1n) is 8.40. The molecule has 0 spiro atoms. The first-order chi connectivity index (χ1) is 12.9. The van der Waals surface area contributed by atoms with Gasteiger partial charge in [-0.25, -0.2) is 9.48 Å². The third kappa shape index (κ3) is 5.85. The maximum Gasteiger partial charge on any atom is 0.321 e. The van der Waals surface area contributed by atoms with Gasteiger partial charge in [-0.1, -0.05) is 18.2 Å². The first-order valence-corrected chi connectivity index (χ1v) is 9.38. The lowest BCUT2D eigenvalue weighted by Crippen LogP contribution is -2.41. The number of ether oxygens (including phenoxy) is 1. The lowest BCUT2D eigenvalue weighted by molar-refractivity contribution is -0.145. The van der Waals surface area contributed by atoms with E-state index in [-0.39, 0.29) is 5.75 Å². The smallest absolute Gasteiger partial charge is 0.321 e. The monoisotopic (exact) mass is 390 g/mol. The molecule has 0 radical (unpaired) electrons. The standard InChI is InChI=1S/C18H22N4O4S/c1-4-19-18(25)20-15(23)10-26-16(24)11-27-17-12(2)21-22(13(17)3)14-8-6-5-7-9-14/h5-9H,4,10-11H2,1-3H3,(H2,19,20,23,25). The molecule has 0 aliphatic rings. The molecule has 8 nitrogen and oxygen atoms in total. The predicted molar refractivity (Wildman–Crippen MR) is 102 cm³/mol. The molecule has 0 unspecified atom stereocenters. The molecule has 0 aliphatic carbocycles. The fourth-order valence-corrected chi connectivity index (χ4v) is 3.23. The minimum absolute atomic E-state index is 0.0383. The summed E-state index contributed by atoms with van der Waals surface area (Å²) in [5.41, 5.74) is 2.67. The van der Waals surface area contributed by atoms with E-state index in [1.165, 1.54) is 11.8 Å². The van der Waals surface area contributed by atoms with Crippen molar-refractivity contribution in [2.24, 2.45) is 0 Å². The number of thioether (sulfide) groups is 1. The van der Waals surface area contributed by atoms with Crippen LogP contribution in [0.3, 0.4) is 0 Å². The molecule has 1 aromatic carbocycles. The highest BCUT2D eigenvalue weighted by Crippen LogP contribution is 2.27. The maximum atomic E-state index is 11.9. The summed E-state index contributed by atoms with van der Waals surface area (Å²) >= 11 is 1.30. The molecule has 27 heavy (non-hydrogen) atoms. The Morgan fingerprint density at radius 1 is 1.19 bits per heavy atom. The zero-order valence-corrected chi connectivity index (χ0v) is 16.3. The number of aryl methyl sites for hydroxylation is 1. The lowest BCUT2D eigenvalue weighted by atomic mass is 10.3. The van der Waals surface area contributed by atoms with Crippen LogP contribution in [0.1, 0.15) is 18.3 Å². The van der Waals surface area contributed by atoms with Crippen LogP contribution < -0.4 is 10.6 Å². The number of para-hydroxylation sites is 1. The molecule has 0 atom stereocenters. The predicted octanol–water partition coefficient (Wildman–Crippen LogP) is 1.97. The molecule has 0 aliphatic heterocycles. The van der Waals surface area contributed by atoms with Gasteiger partial charge in [0, 0.05) is 6.54 Å². The van der Waals surface area contributed by atoms with Crippen LogP contribution in [0.25, 0.3) is 5.69 Å². The van der Waals surface area contributed by atoms with E-state index in [0.29, 0.717) is 6.54 Å². The molecule has 0 fully saturated rings. The van der Waals surface area contributed by atoms with Crippen LogP contribution >= 0.6 is 11.8 Å². The van der Waals surface area contributed by atoms with Crippen LogP contribution in [0.15, 0.2) is 35.2 Å². The minimum Gasteiger partial charge on any atom is -0.455 e. The van der Waals surface area contributed by atoms with Crippen molar-refractivity contribution in [2.75, 3.05) is 18.9 Å². The molecule has 0 saturated heterocycles. The van der Waals surface area contributed by atoms with Crippen LogP contribution in [0.5, 0.6) is 0 Å². The summed E-state index contributed by atoms with van der Waals surface area (Å²) in [6, 6.07) is 9.09. The molecule has 144 valence electrons. The van der Waals surface area contributed by atoms with Gasteiger partial charge in [0.05, 0.1) is 27.7 Å². The van der Waals surface area contributed by atoms with Gasteiger partial charge in [0.1, 0.15) is 0 Å². The Kier molecular flexibility index (Phi) is 7.42. The Morgan fingerprint density at radius 2 is 1.89 bits per heavy atom. The molecule has 1 heterocycles. The van der Waals surface area contributed by atoms with E-state index < -0.39 is 24.5 Å². The first kappa shape index (κ1) is 20.5. The van der Waals surface area contributed by atoms with E-state index in [1.54, 1.807) is 6.92 Å². The number of carbonyl (C=O) groups excluding carboxylic acids is 3. The van der Waals surface area contributed by atoms with E-state index in [2.05, 4.69) is 15.7 Å². The van der Waals surface area contributed by atoms with Gasteiger partial charge >= 0.3 is 12.0 Å². The Labute approximate surface area is 161 Å². The zero-order chi connectivity index (χ0) is 19.8. The van der Waals surface area contributed by atoms with Gasteiger partial charge in [-0.15, -0.1) is 11.8 Å². The van der Waals surface area contributed by atoms with E-state index in [0.717, 1.165) is 22.0 Å². The van der Waals surface area contributed by atoms with Gasteiger partial charge in [-0.2, -0.15) is 5.10 Å². The molecule has 2 N–H and O–H groups in total. The Hall–Kier alpha value is -2.81. The molecule has 1 aromatic heterocycles. The highest BCUT2D eigenvalue weighted by Gasteiger charge is 2.16. The third-order valence-electron chi connectivity index (χ3n) is 3.51. The van der Waals surface area contributed by atoms with Gasteiger partial charge in [0.2, 0.25) is 0 Å². The fourth-order valence-electron chi connectivity index (χ4n) is 2.34. The van der Waals surface area contributed by atoms with Crippen molar-refractivity contribution in [3.8, 4) is 5.69 Å². The summed E-state index contributed by atoms with van der Waals surface area (Å²) in [5.74, 6) is -1.18. The van der Waals surface area contributed by atoms with Gasteiger partial charge in [0.25, 0.3) is 5.91 Å². The number of nitrogens with zero attached hydrogens (tertiary/aromatic N) is 2. The van der Waals surface area contributed by atoms with Gasteiger partial charge in [-0.3, -0.25) is 14.9 Å². The average molecular weight is 390 g/mol. The number of urea groups is 1. The molecular formula is C18H22N4O4S. The number of benzene rings is 1. The van der Waals surface area contributed by atoms with E-state index in [4.69, 9.17) is 4.74 Å². The average Bonchev–Trinajstić information content (AvgIpc) is 2.93. The number of rotatable bonds is 7. The number of aromatic nitrogens is 2. The SMILES string of the molecule is CCNC(=O)NC(=O)COC(=O)CSc1c(C)nn(-c2ccccc2)c1C.